The normalized spacial score (nSPS) is 22.0. The molecule has 1 aromatic rings. The first kappa shape index (κ1) is 7.65. The summed E-state index contributed by atoms with van der Waals surface area (Å²) in [6, 6.07) is 0.661. The summed E-state index contributed by atoms with van der Waals surface area (Å²) >= 11 is 0. The number of H-pyrrole nitrogens is 1. The van der Waals surface area contributed by atoms with Gasteiger partial charge < -0.3 is 9.72 Å². The van der Waals surface area contributed by atoms with Crippen LogP contribution in [-0.4, -0.2) is 17.1 Å². The molecule has 1 aliphatic rings. The van der Waals surface area contributed by atoms with Crippen molar-refractivity contribution >= 4 is 0 Å². The molecular formula is C9H14N2O. The second-order valence-electron chi connectivity index (χ2n) is 3.40. The molecule has 1 N–H and O–H groups in total. The monoisotopic (exact) mass is 166 g/mol. The third-order valence-electron chi connectivity index (χ3n) is 2.51. The summed E-state index contributed by atoms with van der Waals surface area (Å²) < 4.78 is 5.05. The Hall–Kier alpha value is -0.990. The van der Waals surface area contributed by atoms with Gasteiger partial charge in [0.05, 0.1) is 12.8 Å². The van der Waals surface area contributed by atoms with Crippen LogP contribution in [0.15, 0.2) is 0 Å². The minimum Gasteiger partial charge on any atom is -0.468 e. The van der Waals surface area contributed by atoms with Crippen LogP contribution in [0.1, 0.15) is 37.1 Å². The lowest BCUT2D eigenvalue weighted by molar-refractivity contribution is 0.383. The van der Waals surface area contributed by atoms with Gasteiger partial charge in [-0.25, -0.2) is 0 Å². The second kappa shape index (κ2) is 2.81. The van der Waals surface area contributed by atoms with E-state index < -0.39 is 0 Å². The zero-order valence-corrected chi connectivity index (χ0v) is 7.55. The molecule has 0 bridgehead atoms. The van der Waals surface area contributed by atoms with E-state index in [4.69, 9.17) is 4.74 Å². The maximum absolute atomic E-state index is 5.05. The van der Waals surface area contributed by atoms with Gasteiger partial charge in [0.25, 0.3) is 6.01 Å². The largest absolute Gasteiger partial charge is 0.468 e. The third-order valence-corrected chi connectivity index (χ3v) is 2.51. The molecular weight excluding hydrogens is 152 g/mol. The number of nitrogens with zero attached hydrogens (tertiary/aromatic N) is 1. The summed E-state index contributed by atoms with van der Waals surface area (Å²) in [4.78, 5) is 7.55. The SMILES string of the molecule is COc1nc2c([nH]1)CCCC2C. The molecule has 66 valence electrons. The zero-order valence-electron chi connectivity index (χ0n) is 7.55. The second-order valence-corrected chi connectivity index (χ2v) is 3.40. The molecule has 0 saturated heterocycles. The quantitative estimate of drug-likeness (QED) is 0.691. The topological polar surface area (TPSA) is 37.9 Å². The summed E-state index contributed by atoms with van der Waals surface area (Å²) in [7, 11) is 1.65. The Kier molecular flexibility index (Phi) is 1.79. The molecule has 0 amide bonds. The molecule has 2 rings (SSSR count). The standard InChI is InChI=1S/C9H14N2O/c1-6-4-3-5-7-8(6)11-9(10-7)12-2/h6H,3-5H2,1-2H3,(H,10,11). The zero-order chi connectivity index (χ0) is 8.55. The number of aromatic amines is 1. The Bertz CT molecular complexity index is 280. The molecule has 0 spiro atoms. The lowest BCUT2D eigenvalue weighted by atomic mass is 9.92. The van der Waals surface area contributed by atoms with E-state index in [1.165, 1.54) is 24.2 Å². The van der Waals surface area contributed by atoms with Crippen molar-refractivity contribution < 1.29 is 4.74 Å². The van der Waals surface area contributed by atoms with Crippen LogP contribution in [0, 0.1) is 0 Å². The van der Waals surface area contributed by atoms with Gasteiger partial charge in [-0.2, -0.15) is 4.98 Å². The molecule has 0 aliphatic heterocycles. The molecule has 0 radical (unpaired) electrons. The van der Waals surface area contributed by atoms with Gasteiger partial charge in [0.2, 0.25) is 0 Å². The Morgan fingerprint density at radius 1 is 1.58 bits per heavy atom. The van der Waals surface area contributed by atoms with Crippen molar-refractivity contribution in [1.82, 2.24) is 9.97 Å². The lowest BCUT2D eigenvalue weighted by Gasteiger charge is -2.15. The predicted molar refractivity (Wildman–Crippen MR) is 46.5 cm³/mol. The average Bonchev–Trinajstić information content (AvgIpc) is 2.49. The minimum atomic E-state index is 0.592. The third kappa shape index (κ3) is 1.09. The van der Waals surface area contributed by atoms with Crippen molar-refractivity contribution in [3.05, 3.63) is 11.4 Å². The molecule has 3 heteroatoms. The van der Waals surface area contributed by atoms with Gasteiger partial charge in [0.1, 0.15) is 0 Å². The van der Waals surface area contributed by atoms with E-state index in [-0.39, 0.29) is 0 Å². The maximum atomic E-state index is 5.05. The molecule has 1 aliphatic carbocycles. The van der Waals surface area contributed by atoms with Crippen LogP contribution < -0.4 is 4.74 Å². The molecule has 12 heavy (non-hydrogen) atoms. The van der Waals surface area contributed by atoms with Crippen LogP contribution in [0.25, 0.3) is 0 Å². The maximum Gasteiger partial charge on any atom is 0.293 e. The molecule has 3 nitrogen and oxygen atoms in total. The van der Waals surface area contributed by atoms with Crippen molar-refractivity contribution in [2.24, 2.45) is 0 Å². The molecule has 0 saturated carbocycles. The molecule has 1 heterocycles. The number of hydrogen-bond acceptors (Lipinski definition) is 2. The molecule has 1 aromatic heterocycles. The van der Waals surface area contributed by atoms with Crippen molar-refractivity contribution in [3.8, 4) is 6.01 Å². The van der Waals surface area contributed by atoms with Crippen LogP contribution in [0.4, 0.5) is 0 Å². The summed E-state index contributed by atoms with van der Waals surface area (Å²) in [5.74, 6) is 0.592. The van der Waals surface area contributed by atoms with Gasteiger partial charge in [-0.05, 0) is 19.3 Å². The number of aromatic nitrogens is 2. The number of rotatable bonds is 1. The number of nitrogens with one attached hydrogen (secondary N) is 1. The highest BCUT2D eigenvalue weighted by atomic mass is 16.5. The molecule has 1 unspecified atom stereocenters. The van der Waals surface area contributed by atoms with Crippen LogP contribution in [0.5, 0.6) is 6.01 Å². The van der Waals surface area contributed by atoms with Gasteiger partial charge >= 0.3 is 0 Å². The number of aryl methyl sites for hydroxylation is 1. The van der Waals surface area contributed by atoms with Crippen LogP contribution in [0.2, 0.25) is 0 Å². The fourth-order valence-corrected chi connectivity index (χ4v) is 1.81. The molecule has 0 fully saturated rings. The molecule has 1 atom stereocenters. The van der Waals surface area contributed by atoms with E-state index in [9.17, 15) is 0 Å². The van der Waals surface area contributed by atoms with Crippen LogP contribution in [-0.2, 0) is 6.42 Å². The van der Waals surface area contributed by atoms with E-state index in [0.717, 1.165) is 6.42 Å². The van der Waals surface area contributed by atoms with Crippen molar-refractivity contribution in [2.75, 3.05) is 7.11 Å². The molecule has 0 aromatic carbocycles. The van der Waals surface area contributed by atoms with E-state index in [0.29, 0.717) is 11.9 Å². The Morgan fingerprint density at radius 3 is 3.08 bits per heavy atom. The summed E-state index contributed by atoms with van der Waals surface area (Å²) in [5, 5.41) is 0. The first-order chi connectivity index (χ1) is 5.81. The highest BCUT2D eigenvalue weighted by Gasteiger charge is 2.20. The van der Waals surface area contributed by atoms with Gasteiger partial charge in [-0.3, -0.25) is 0 Å². The van der Waals surface area contributed by atoms with Gasteiger partial charge in [-0.1, -0.05) is 6.92 Å². The van der Waals surface area contributed by atoms with Gasteiger partial charge in [-0.15, -0.1) is 0 Å². The minimum absolute atomic E-state index is 0.592. The number of hydrogen-bond donors (Lipinski definition) is 1. The summed E-state index contributed by atoms with van der Waals surface area (Å²) in [6.07, 6.45) is 3.64. The first-order valence-electron chi connectivity index (χ1n) is 4.44. The van der Waals surface area contributed by atoms with Crippen molar-refractivity contribution in [1.29, 1.82) is 0 Å². The lowest BCUT2D eigenvalue weighted by Crippen LogP contribution is -2.05. The number of fused-ring (bicyclic) bond motifs is 1. The Balaban J connectivity index is 2.37. The summed E-state index contributed by atoms with van der Waals surface area (Å²) in [6.45, 7) is 2.22. The highest BCUT2D eigenvalue weighted by molar-refractivity contribution is 5.23. The average molecular weight is 166 g/mol. The van der Waals surface area contributed by atoms with Crippen LogP contribution in [0.3, 0.4) is 0 Å². The van der Waals surface area contributed by atoms with Crippen LogP contribution >= 0.6 is 0 Å². The Morgan fingerprint density at radius 2 is 2.42 bits per heavy atom. The fourth-order valence-electron chi connectivity index (χ4n) is 1.81. The van der Waals surface area contributed by atoms with E-state index >= 15 is 0 Å². The van der Waals surface area contributed by atoms with E-state index in [1.54, 1.807) is 7.11 Å². The Labute approximate surface area is 72.2 Å². The number of imidazole rings is 1. The number of ether oxygens (including phenoxy) is 1. The van der Waals surface area contributed by atoms with Crippen molar-refractivity contribution in [3.63, 3.8) is 0 Å². The number of methoxy groups -OCH3 is 1. The smallest absolute Gasteiger partial charge is 0.293 e. The summed E-state index contributed by atoms with van der Waals surface area (Å²) in [5.41, 5.74) is 2.48. The van der Waals surface area contributed by atoms with Gasteiger partial charge in [0.15, 0.2) is 0 Å². The first-order valence-corrected chi connectivity index (χ1v) is 4.44. The van der Waals surface area contributed by atoms with Gasteiger partial charge in [0, 0.05) is 11.6 Å². The van der Waals surface area contributed by atoms with Crippen molar-refractivity contribution in [2.45, 2.75) is 32.1 Å². The van der Waals surface area contributed by atoms with E-state index in [2.05, 4.69) is 16.9 Å². The predicted octanol–water partition coefficient (Wildman–Crippen LogP) is 1.86. The fraction of sp³-hybridized carbons (Fsp3) is 0.667. The van der Waals surface area contributed by atoms with E-state index in [1.807, 2.05) is 0 Å². The highest BCUT2D eigenvalue weighted by Crippen LogP contribution is 2.30.